The van der Waals surface area contributed by atoms with Crippen molar-refractivity contribution in [2.24, 2.45) is 4.99 Å². The Kier molecular flexibility index (Phi) is 5.63. The van der Waals surface area contributed by atoms with Gasteiger partial charge in [0.25, 0.3) is 11.8 Å². The Labute approximate surface area is 179 Å². The average Bonchev–Trinajstić information content (AvgIpc) is 3.12. The third-order valence-electron chi connectivity index (χ3n) is 5.48. The summed E-state index contributed by atoms with van der Waals surface area (Å²) in [4.78, 5) is 40.9. The molecular formula is C20H19F3N4O5. The molecule has 3 aliphatic rings. The van der Waals surface area contributed by atoms with Crippen LogP contribution >= 0.6 is 0 Å². The minimum Gasteiger partial charge on any atom is -0.477 e. The molecular weight excluding hydrogens is 433 g/mol. The van der Waals surface area contributed by atoms with Crippen molar-refractivity contribution in [2.75, 3.05) is 13.2 Å². The van der Waals surface area contributed by atoms with Gasteiger partial charge in [-0.1, -0.05) is 6.07 Å². The molecule has 1 fully saturated rings. The highest BCUT2D eigenvalue weighted by molar-refractivity contribution is 6.15. The van der Waals surface area contributed by atoms with Gasteiger partial charge in [0.1, 0.15) is 11.7 Å². The van der Waals surface area contributed by atoms with Crippen LogP contribution in [0.2, 0.25) is 0 Å². The molecule has 32 heavy (non-hydrogen) atoms. The second-order valence-electron chi connectivity index (χ2n) is 7.57. The van der Waals surface area contributed by atoms with E-state index < -0.39 is 35.6 Å². The number of carbonyl (C=O) groups excluding carboxylic acids is 2. The molecule has 2 amide bonds. The highest BCUT2D eigenvalue weighted by Gasteiger charge is 2.42. The molecule has 4 rings (SSSR count). The first-order valence-corrected chi connectivity index (χ1v) is 9.86. The summed E-state index contributed by atoms with van der Waals surface area (Å²) in [5.74, 6) is -2.67. The molecule has 3 aliphatic heterocycles. The molecule has 1 atom stereocenters. The van der Waals surface area contributed by atoms with Gasteiger partial charge in [-0.25, -0.2) is 4.79 Å². The fourth-order valence-electron chi connectivity index (χ4n) is 3.86. The summed E-state index contributed by atoms with van der Waals surface area (Å²) < 4.78 is 44.1. The van der Waals surface area contributed by atoms with Crippen LogP contribution in [0.1, 0.15) is 35.2 Å². The summed E-state index contributed by atoms with van der Waals surface area (Å²) in [6.07, 6.45) is -3.57. The molecule has 0 bridgehead atoms. The molecule has 3 heterocycles. The van der Waals surface area contributed by atoms with Crippen molar-refractivity contribution in [3.05, 3.63) is 46.7 Å². The number of hydrogen-bond acceptors (Lipinski definition) is 6. The minimum absolute atomic E-state index is 0.126. The van der Waals surface area contributed by atoms with E-state index in [1.807, 2.05) is 0 Å². The summed E-state index contributed by atoms with van der Waals surface area (Å²) in [5, 5.41) is 13.5. The van der Waals surface area contributed by atoms with Crippen LogP contribution in [0.15, 0.2) is 40.5 Å². The lowest BCUT2D eigenvalue weighted by Gasteiger charge is -2.34. The number of ether oxygens (including phenoxy) is 1. The number of carboxylic acid groups (broad SMARTS) is 1. The maximum atomic E-state index is 12.9. The van der Waals surface area contributed by atoms with Crippen molar-refractivity contribution < 1.29 is 37.4 Å². The first-order valence-electron chi connectivity index (χ1n) is 9.86. The van der Waals surface area contributed by atoms with Gasteiger partial charge in [-0.2, -0.15) is 18.2 Å². The van der Waals surface area contributed by atoms with Crippen LogP contribution in [-0.4, -0.2) is 59.0 Å². The zero-order valence-electron chi connectivity index (χ0n) is 16.6. The third kappa shape index (κ3) is 4.17. The monoisotopic (exact) mass is 452 g/mol. The third-order valence-corrected chi connectivity index (χ3v) is 5.48. The van der Waals surface area contributed by atoms with Crippen LogP contribution in [0, 0.1) is 0 Å². The topological polar surface area (TPSA) is 120 Å². The van der Waals surface area contributed by atoms with Crippen LogP contribution in [0.25, 0.3) is 0 Å². The maximum Gasteiger partial charge on any atom is 0.416 e. The molecule has 1 aromatic carbocycles. The number of halogens is 3. The number of carbonyl (C=O) groups is 3. The summed E-state index contributed by atoms with van der Waals surface area (Å²) in [6.45, 7) is 0.967. The van der Waals surface area contributed by atoms with Crippen LogP contribution in [0.3, 0.4) is 0 Å². The lowest BCUT2D eigenvalue weighted by molar-refractivity contribution is -0.137. The SMILES string of the molecule is O=C(O)C1=C2CC(NC(=O)c3cccc(C(F)(F)F)c3)C(=O)N=C2N(C2CCOCC2)N1. The molecule has 0 saturated carbocycles. The van der Waals surface area contributed by atoms with E-state index in [-0.39, 0.29) is 35.1 Å². The van der Waals surface area contributed by atoms with Gasteiger partial charge in [-0.15, -0.1) is 0 Å². The second kappa shape index (κ2) is 8.26. The van der Waals surface area contributed by atoms with Gasteiger partial charge in [0.15, 0.2) is 5.84 Å². The van der Waals surface area contributed by atoms with Gasteiger partial charge in [0.05, 0.1) is 11.6 Å². The molecule has 0 aliphatic carbocycles. The van der Waals surface area contributed by atoms with Crippen molar-refractivity contribution in [1.29, 1.82) is 0 Å². The number of aliphatic carboxylic acids is 1. The van der Waals surface area contributed by atoms with E-state index in [2.05, 4.69) is 15.7 Å². The Morgan fingerprint density at radius 1 is 1.25 bits per heavy atom. The molecule has 1 unspecified atom stereocenters. The van der Waals surface area contributed by atoms with Gasteiger partial charge < -0.3 is 15.2 Å². The number of hydrogen-bond donors (Lipinski definition) is 3. The number of carboxylic acids is 1. The van der Waals surface area contributed by atoms with Crippen molar-refractivity contribution in [3.63, 3.8) is 0 Å². The molecule has 12 heteroatoms. The fourth-order valence-corrected chi connectivity index (χ4v) is 3.86. The highest BCUT2D eigenvalue weighted by atomic mass is 19.4. The summed E-state index contributed by atoms with van der Waals surface area (Å²) in [7, 11) is 0. The lowest BCUT2D eigenvalue weighted by atomic mass is 9.98. The minimum atomic E-state index is -4.62. The number of hydrazine groups is 1. The molecule has 3 N–H and O–H groups in total. The Hall–Kier alpha value is -3.41. The summed E-state index contributed by atoms with van der Waals surface area (Å²) in [5.41, 5.74) is 1.61. The Morgan fingerprint density at radius 2 is 1.97 bits per heavy atom. The molecule has 9 nitrogen and oxygen atoms in total. The van der Waals surface area contributed by atoms with Gasteiger partial charge in [0.2, 0.25) is 0 Å². The largest absolute Gasteiger partial charge is 0.477 e. The molecule has 1 aromatic rings. The van der Waals surface area contributed by atoms with Gasteiger partial charge in [-0.3, -0.25) is 20.0 Å². The zero-order chi connectivity index (χ0) is 23.0. The van der Waals surface area contributed by atoms with Crippen LogP contribution < -0.4 is 10.7 Å². The molecule has 1 saturated heterocycles. The Bertz CT molecular complexity index is 1030. The van der Waals surface area contributed by atoms with E-state index in [1.165, 1.54) is 6.07 Å². The Balaban J connectivity index is 1.56. The van der Waals surface area contributed by atoms with E-state index in [9.17, 15) is 32.7 Å². The van der Waals surface area contributed by atoms with Crippen molar-refractivity contribution in [1.82, 2.24) is 15.8 Å². The van der Waals surface area contributed by atoms with Crippen LogP contribution in [0.5, 0.6) is 0 Å². The molecule has 0 aromatic heterocycles. The van der Waals surface area contributed by atoms with Crippen LogP contribution in [-0.2, 0) is 20.5 Å². The van der Waals surface area contributed by atoms with Gasteiger partial charge >= 0.3 is 12.1 Å². The highest BCUT2D eigenvalue weighted by Crippen LogP contribution is 2.31. The number of fused-ring (bicyclic) bond motifs is 1. The quantitative estimate of drug-likeness (QED) is 0.633. The number of aliphatic imine (C=N–C) groups is 1. The van der Waals surface area contributed by atoms with Gasteiger partial charge in [-0.05, 0) is 31.0 Å². The number of alkyl halides is 3. The number of benzene rings is 1. The predicted molar refractivity (Wildman–Crippen MR) is 103 cm³/mol. The molecule has 0 radical (unpaired) electrons. The van der Waals surface area contributed by atoms with Gasteiger partial charge in [0, 0.05) is 30.8 Å². The second-order valence-corrected chi connectivity index (χ2v) is 7.57. The molecule has 170 valence electrons. The maximum absolute atomic E-state index is 12.9. The summed E-state index contributed by atoms with van der Waals surface area (Å²) >= 11 is 0. The number of amides is 2. The predicted octanol–water partition coefficient (Wildman–Crippen LogP) is 1.47. The number of amidine groups is 1. The number of rotatable bonds is 4. The normalized spacial score (nSPS) is 21.7. The van der Waals surface area contributed by atoms with E-state index >= 15 is 0 Å². The standard InChI is InChI=1S/C20H19F3N4O5/c21-20(22,23)11-3-1-2-10(8-11)17(28)24-14-9-13-15(19(30)31)26-27(16(13)25-18(14)29)12-4-6-32-7-5-12/h1-3,8,12,14,26H,4-7,9H2,(H,24,28)(H,30,31). The Morgan fingerprint density at radius 3 is 2.62 bits per heavy atom. The fraction of sp³-hybridized carbons (Fsp3) is 0.400. The first-order chi connectivity index (χ1) is 15.1. The molecule has 0 spiro atoms. The van der Waals surface area contributed by atoms with Crippen molar-refractivity contribution in [2.45, 2.75) is 37.5 Å². The van der Waals surface area contributed by atoms with Crippen molar-refractivity contribution in [3.8, 4) is 0 Å². The number of nitrogens with zero attached hydrogens (tertiary/aromatic N) is 2. The van der Waals surface area contributed by atoms with Crippen molar-refractivity contribution >= 4 is 23.6 Å². The first kappa shape index (κ1) is 21.8. The van der Waals surface area contributed by atoms with E-state index in [1.54, 1.807) is 5.01 Å². The summed E-state index contributed by atoms with van der Waals surface area (Å²) in [6, 6.07) is 2.47. The van der Waals surface area contributed by atoms with Crippen LogP contribution in [0.4, 0.5) is 13.2 Å². The van der Waals surface area contributed by atoms with E-state index in [4.69, 9.17) is 4.74 Å². The van der Waals surface area contributed by atoms with E-state index in [0.29, 0.717) is 32.1 Å². The van der Waals surface area contributed by atoms with E-state index in [0.717, 1.165) is 12.1 Å². The zero-order valence-corrected chi connectivity index (χ0v) is 16.6. The average molecular weight is 452 g/mol. The smallest absolute Gasteiger partial charge is 0.416 e. The lowest BCUT2D eigenvalue weighted by Crippen LogP contribution is -2.50. The number of nitrogens with one attached hydrogen (secondary N) is 2.